The number of anilines is 1. The number of aromatic carboxylic acids is 2. The number of carbonyl (C=O) groups is 2. The quantitative estimate of drug-likeness (QED) is 0.787. The predicted molar refractivity (Wildman–Crippen MR) is 57.4 cm³/mol. The molecule has 2 heterocycles. The number of nitrogens with zero attached hydrogens (tertiary/aromatic N) is 3. The number of hydrogen-bond acceptors (Lipinski definition) is 5. The van der Waals surface area contributed by atoms with Gasteiger partial charge in [-0.05, 0) is 12.8 Å². The van der Waals surface area contributed by atoms with E-state index in [9.17, 15) is 9.59 Å². The van der Waals surface area contributed by atoms with Gasteiger partial charge in [-0.15, -0.1) is 0 Å². The third kappa shape index (κ3) is 2.17. The topological polar surface area (TPSA) is 104 Å². The number of rotatable bonds is 3. The van der Waals surface area contributed by atoms with Crippen LogP contribution in [0.25, 0.3) is 0 Å². The highest BCUT2D eigenvalue weighted by Crippen LogP contribution is 2.17. The summed E-state index contributed by atoms with van der Waals surface area (Å²) in [5.41, 5.74) is -0.852. The number of carboxylic acid groups (broad SMARTS) is 2. The maximum Gasteiger partial charge on any atom is 0.355 e. The van der Waals surface area contributed by atoms with Gasteiger partial charge < -0.3 is 15.1 Å². The van der Waals surface area contributed by atoms with Crippen LogP contribution in [0, 0.1) is 0 Å². The zero-order chi connectivity index (χ0) is 12.4. The molecule has 7 heteroatoms. The molecule has 7 nitrogen and oxygen atoms in total. The van der Waals surface area contributed by atoms with Crippen LogP contribution in [0.1, 0.15) is 33.7 Å². The molecule has 17 heavy (non-hydrogen) atoms. The molecular formula is C10H11N3O4. The van der Waals surface area contributed by atoms with E-state index in [-0.39, 0.29) is 11.5 Å². The van der Waals surface area contributed by atoms with E-state index in [0.717, 1.165) is 32.1 Å². The monoisotopic (exact) mass is 237 g/mol. The van der Waals surface area contributed by atoms with Crippen molar-refractivity contribution in [2.24, 2.45) is 0 Å². The molecule has 0 aromatic carbocycles. The molecule has 0 saturated carbocycles. The van der Waals surface area contributed by atoms with Crippen LogP contribution in [0.15, 0.2) is 6.20 Å². The maximum atomic E-state index is 10.9. The zero-order valence-electron chi connectivity index (χ0n) is 8.96. The summed E-state index contributed by atoms with van der Waals surface area (Å²) in [6.07, 6.45) is 3.06. The van der Waals surface area contributed by atoms with Crippen molar-refractivity contribution in [2.75, 3.05) is 18.0 Å². The molecular weight excluding hydrogens is 226 g/mol. The molecule has 2 rings (SSSR count). The van der Waals surface area contributed by atoms with E-state index >= 15 is 0 Å². The molecule has 0 amide bonds. The first-order valence-corrected chi connectivity index (χ1v) is 5.18. The van der Waals surface area contributed by atoms with Gasteiger partial charge >= 0.3 is 11.9 Å². The third-order valence-electron chi connectivity index (χ3n) is 2.60. The van der Waals surface area contributed by atoms with Gasteiger partial charge in [-0.2, -0.15) is 0 Å². The SMILES string of the molecule is O=C(O)c1cnc(N2CCCC2)nc1C(=O)O. The van der Waals surface area contributed by atoms with Gasteiger partial charge in [-0.25, -0.2) is 19.6 Å². The van der Waals surface area contributed by atoms with Gasteiger partial charge in [0, 0.05) is 19.3 Å². The van der Waals surface area contributed by atoms with Gasteiger partial charge in [-0.3, -0.25) is 0 Å². The molecule has 1 aliphatic rings. The van der Waals surface area contributed by atoms with E-state index in [1.165, 1.54) is 0 Å². The van der Waals surface area contributed by atoms with Crippen LogP contribution < -0.4 is 4.90 Å². The standard InChI is InChI=1S/C10H11N3O4/c14-8(15)6-5-11-10(12-7(6)9(16)17)13-3-1-2-4-13/h5H,1-4H2,(H,14,15)(H,16,17). The lowest BCUT2D eigenvalue weighted by Gasteiger charge is -2.15. The van der Waals surface area contributed by atoms with E-state index < -0.39 is 17.6 Å². The van der Waals surface area contributed by atoms with Crippen LogP contribution in [-0.4, -0.2) is 45.2 Å². The minimum absolute atomic E-state index is 0.282. The molecule has 1 aromatic rings. The van der Waals surface area contributed by atoms with Crippen LogP contribution in [0.3, 0.4) is 0 Å². The Morgan fingerprint density at radius 1 is 1.18 bits per heavy atom. The van der Waals surface area contributed by atoms with Crippen LogP contribution in [0.2, 0.25) is 0 Å². The Labute approximate surface area is 96.7 Å². The second-order valence-electron chi connectivity index (χ2n) is 3.74. The summed E-state index contributed by atoms with van der Waals surface area (Å²) in [4.78, 5) is 31.3. The van der Waals surface area contributed by atoms with Gasteiger partial charge in [0.1, 0.15) is 5.56 Å². The fraction of sp³-hybridized carbons (Fsp3) is 0.400. The summed E-state index contributed by atoms with van der Waals surface area (Å²) in [6, 6.07) is 0. The lowest BCUT2D eigenvalue weighted by atomic mass is 10.2. The molecule has 1 aliphatic heterocycles. The highest BCUT2D eigenvalue weighted by molar-refractivity contribution is 6.00. The second-order valence-corrected chi connectivity index (χ2v) is 3.74. The Balaban J connectivity index is 2.41. The van der Waals surface area contributed by atoms with Crippen LogP contribution in [0.4, 0.5) is 5.95 Å². The van der Waals surface area contributed by atoms with Gasteiger partial charge in [0.05, 0.1) is 0 Å². The molecule has 1 saturated heterocycles. The van der Waals surface area contributed by atoms with Crippen LogP contribution >= 0.6 is 0 Å². The molecule has 0 aliphatic carbocycles. The summed E-state index contributed by atoms with van der Waals surface area (Å²) in [5, 5.41) is 17.7. The van der Waals surface area contributed by atoms with Crippen molar-refractivity contribution >= 4 is 17.9 Å². The van der Waals surface area contributed by atoms with Crippen molar-refractivity contribution in [3.8, 4) is 0 Å². The highest BCUT2D eigenvalue weighted by Gasteiger charge is 2.22. The normalized spacial score (nSPS) is 14.9. The van der Waals surface area contributed by atoms with Gasteiger partial charge in [0.25, 0.3) is 0 Å². The van der Waals surface area contributed by atoms with E-state index in [4.69, 9.17) is 10.2 Å². The predicted octanol–water partition coefficient (Wildman–Crippen LogP) is 0.473. The molecule has 2 N–H and O–H groups in total. The summed E-state index contributed by atoms with van der Waals surface area (Å²) in [5.74, 6) is -2.41. The highest BCUT2D eigenvalue weighted by atomic mass is 16.4. The van der Waals surface area contributed by atoms with E-state index in [0.29, 0.717) is 0 Å². The average molecular weight is 237 g/mol. The molecule has 0 atom stereocenters. The minimum Gasteiger partial charge on any atom is -0.478 e. The Kier molecular flexibility index (Phi) is 2.90. The van der Waals surface area contributed by atoms with Crippen molar-refractivity contribution < 1.29 is 19.8 Å². The lowest BCUT2D eigenvalue weighted by Crippen LogP contribution is -2.23. The van der Waals surface area contributed by atoms with E-state index in [2.05, 4.69) is 9.97 Å². The second kappa shape index (κ2) is 4.36. The summed E-state index contributed by atoms with van der Waals surface area (Å²) < 4.78 is 0. The first-order valence-electron chi connectivity index (χ1n) is 5.18. The Morgan fingerprint density at radius 3 is 2.35 bits per heavy atom. The summed E-state index contributed by atoms with van der Waals surface area (Å²) in [6.45, 7) is 1.54. The molecule has 0 unspecified atom stereocenters. The third-order valence-corrected chi connectivity index (χ3v) is 2.60. The first-order chi connectivity index (χ1) is 8.09. The van der Waals surface area contributed by atoms with Crippen molar-refractivity contribution in [2.45, 2.75) is 12.8 Å². The zero-order valence-corrected chi connectivity index (χ0v) is 8.96. The fourth-order valence-corrected chi connectivity index (χ4v) is 1.76. The molecule has 1 aromatic heterocycles. The van der Waals surface area contributed by atoms with Crippen molar-refractivity contribution in [1.29, 1.82) is 0 Å². The van der Waals surface area contributed by atoms with Crippen LogP contribution in [0.5, 0.6) is 0 Å². The lowest BCUT2D eigenvalue weighted by molar-refractivity contribution is 0.0645. The first kappa shape index (κ1) is 11.3. The van der Waals surface area contributed by atoms with Gasteiger partial charge in [0.2, 0.25) is 5.95 Å². The van der Waals surface area contributed by atoms with E-state index in [1.807, 2.05) is 4.90 Å². The fourth-order valence-electron chi connectivity index (χ4n) is 1.76. The van der Waals surface area contributed by atoms with Crippen molar-refractivity contribution in [1.82, 2.24) is 9.97 Å². The maximum absolute atomic E-state index is 10.9. The average Bonchev–Trinajstić information content (AvgIpc) is 2.81. The van der Waals surface area contributed by atoms with Crippen molar-refractivity contribution in [3.05, 3.63) is 17.5 Å². The molecule has 0 spiro atoms. The van der Waals surface area contributed by atoms with E-state index in [1.54, 1.807) is 0 Å². The molecule has 0 radical (unpaired) electrons. The van der Waals surface area contributed by atoms with Gasteiger partial charge in [-0.1, -0.05) is 0 Å². The summed E-state index contributed by atoms with van der Waals surface area (Å²) >= 11 is 0. The number of aromatic nitrogens is 2. The molecule has 1 fully saturated rings. The van der Waals surface area contributed by atoms with Gasteiger partial charge in [0.15, 0.2) is 5.69 Å². The smallest absolute Gasteiger partial charge is 0.355 e. The molecule has 0 bridgehead atoms. The number of carboxylic acids is 2. The summed E-state index contributed by atoms with van der Waals surface area (Å²) in [7, 11) is 0. The minimum atomic E-state index is -1.36. The van der Waals surface area contributed by atoms with Crippen molar-refractivity contribution in [3.63, 3.8) is 0 Å². The Morgan fingerprint density at radius 2 is 1.82 bits per heavy atom. The Hall–Kier alpha value is -2.18. The number of hydrogen-bond donors (Lipinski definition) is 2. The van der Waals surface area contributed by atoms with Crippen LogP contribution in [-0.2, 0) is 0 Å². The Bertz CT molecular complexity index is 469. The largest absolute Gasteiger partial charge is 0.478 e. The molecule has 90 valence electrons.